The van der Waals surface area contributed by atoms with Crippen molar-refractivity contribution in [1.29, 1.82) is 0 Å². The Morgan fingerprint density at radius 2 is 2.00 bits per heavy atom. The third-order valence-electron chi connectivity index (χ3n) is 1.71. The van der Waals surface area contributed by atoms with E-state index in [1.54, 1.807) is 0 Å². The molecule has 0 aromatic rings. The van der Waals surface area contributed by atoms with Crippen LogP contribution in [0.25, 0.3) is 0 Å². The fourth-order valence-corrected chi connectivity index (χ4v) is 0.877. The van der Waals surface area contributed by atoms with E-state index in [2.05, 4.69) is 0 Å². The summed E-state index contributed by atoms with van der Waals surface area (Å²) in [6, 6.07) is 0. The number of nitrogens with two attached hydrogens (primary N) is 1. The van der Waals surface area contributed by atoms with Gasteiger partial charge < -0.3 is 5.73 Å². The van der Waals surface area contributed by atoms with Crippen molar-refractivity contribution < 1.29 is 13.2 Å². The van der Waals surface area contributed by atoms with Gasteiger partial charge in [0.05, 0.1) is 5.70 Å². The molecule has 0 aromatic carbocycles. The molecule has 11 heavy (non-hydrogen) atoms. The Labute approximate surface area is 62.4 Å². The molecule has 1 rings (SSSR count). The largest absolute Gasteiger partial charge is 0.397 e. The molecule has 0 bridgehead atoms. The van der Waals surface area contributed by atoms with Gasteiger partial charge in [-0.25, -0.2) is 13.2 Å². The van der Waals surface area contributed by atoms with E-state index in [1.807, 2.05) is 0 Å². The summed E-state index contributed by atoms with van der Waals surface area (Å²) in [7, 11) is 0. The highest BCUT2D eigenvalue weighted by Crippen LogP contribution is 2.30. The van der Waals surface area contributed by atoms with Crippen molar-refractivity contribution in [3.05, 3.63) is 23.4 Å². The first-order chi connectivity index (χ1) is 5.04. The SMILES string of the molecule is CC1C(F)=CC(F)=C(N)C1F. The molecule has 1 aliphatic carbocycles. The molecule has 1 nitrogen and oxygen atoms in total. The van der Waals surface area contributed by atoms with Crippen LogP contribution in [0.3, 0.4) is 0 Å². The van der Waals surface area contributed by atoms with Gasteiger partial charge in [-0.15, -0.1) is 0 Å². The van der Waals surface area contributed by atoms with Crippen LogP contribution < -0.4 is 5.73 Å². The molecule has 0 spiro atoms. The van der Waals surface area contributed by atoms with Gasteiger partial charge in [0.25, 0.3) is 0 Å². The normalized spacial score (nSPS) is 32.2. The second-order valence-corrected chi connectivity index (χ2v) is 2.52. The van der Waals surface area contributed by atoms with Crippen LogP contribution in [0.2, 0.25) is 0 Å². The van der Waals surface area contributed by atoms with E-state index in [-0.39, 0.29) is 0 Å². The minimum absolute atomic E-state index is 0.515. The van der Waals surface area contributed by atoms with Crippen molar-refractivity contribution in [3.8, 4) is 0 Å². The van der Waals surface area contributed by atoms with Crippen LogP contribution in [0.4, 0.5) is 13.2 Å². The van der Waals surface area contributed by atoms with Crippen molar-refractivity contribution in [3.63, 3.8) is 0 Å². The Morgan fingerprint density at radius 1 is 1.45 bits per heavy atom. The summed E-state index contributed by atoms with van der Waals surface area (Å²) >= 11 is 0. The Balaban J connectivity index is 3.01. The maximum atomic E-state index is 12.8. The number of alkyl halides is 1. The third-order valence-corrected chi connectivity index (χ3v) is 1.71. The Kier molecular flexibility index (Phi) is 1.93. The summed E-state index contributed by atoms with van der Waals surface area (Å²) in [4.78, 5) is 0. The molecule has 2 atom stereocenters. The van der Waals surface area contributed by atoms with Gasteiger partial charge in [-0.05, 0) is 0 Å². The zero-order valence-electron chi connectivity index (χ0n) is 5.94. The maximum Gasteiger partial charge on any atom is 0.151 e. The van der Waals surface area contributed by atoms with Gasteiger partial charge in [0, 0.05) is 12.0 Å². The molecule has 1 aliphatic rings. The summed E-state index contributed by atoms with van der Waals surface area (Å²) in [6.45, 7) is 1.32. The second kappa shape index (κ2) is 2.60. The third kappa shape index (κ3) is 1.25. The number of rotatable bonds is 0. The minimum Gasteiger partial charge on any atom is -0.397 e. The molecular formula is C7H8F3N. The van der Waals surface area contributed by atoms with E-state index in [9.17, 15) is 13.2 Å². The molecule has 0 amide bonds. The number of allylic oxidation sites excluding steroid dienone is 4. The Hall–Kier alpha value is -0.930. The molecule has 4 heteroatoms. The minimum atomic E-state index is -1.74. The molecule has 0 fully saturated rings. The first kappa shape index (κ1) is 8.17. The van der Waals surface area contributed by atoms with Crippen LogP contribution in [0.5, 0.6) is 0 Å². The number of hydrogen-bond acceptors (Lipinski definition) is 1. The Bertz CT molecular complexity index is 232. The summed E-state index contributed by atoms with van der Waals surface area (Å²) in [5.41, 5.74) is 4.48. The van der Waals surface area contributed by atoms with E-state index >= 15 is 0 Å². The lowest BCUT2D eigenvalue weighted by Crippen LogP contribution is -2.25. The molecule has 0 aliphatic heterocycles. The van der Waals surface area contributed by atoms with Crippen molar-refractivity contribution in [1.82, 2.24) is 0 Å². The van der Waals surface area contributed by atoms with Crippen LogP contribution in [-0.4, -0.2) is 6.17 Å². The van der Waals surface area contributed by atoms with E-state index in [4.69, 9.17) is 5.73 Å². The Morgan fingerprint density at radius 3 is 2.55 bits per heavy atom. The second-order valence-electron chi connectivity index (χ2n) is 2.52. The van der Waals surface area contributed by atoms with E-state index in [0.29, 0.717) is 6.08 Å². The lowest BCUT2D eigenvalue weighted by molar-refractivity contribution is 0.266. The van der Waals surface area contributed by atoms with E-state index < -0.39 is 29.4 Å². The highest BCUT2D eigenvalue weighted by molar-refractivity contribution is 5.29. The van der Waals surface area contributed by atoms with Crippen molar-refractivity contribution in [2.24, 2.45) is 11.7 Å². The molecule has 0 saturated heterocycles. The first-order valence-electron chi connectivity index (χ1n) is 3.20. The quantitative estimate of drug-likeness (QED) is 0.580. The van der Waals surface area contributed by atoms with Crippen LogP contribution in [0.1, 0.15) is 6.92 Å². The van der Waals surface area contributed by atoms with Crippen molar-refractivity contribution in [2.75, 3.05) is 0 Å². The fraction of sp³-hybridized carbons (Fsp3) is 0.429. The lowest BCUT2D eigenvalue weighted by Gasteiger charge is -2.19. The van der Waals surface area contributed by atoms with Gasteiger partial charge in [-0.3, -0.25) is 0 Å². The van der Waals surface area contributed by atoms with Crippen molar-refractivity contribution in [2.45, 2.75) is 13.1 Å². The summed E-state index contributed by atoms with van der Waals surface area (Å²) in [5, 5.41) is 0. The van der Waals surface area contributed by atoms with E-state index in [0.717, 1.165) is 0 Å². The first-order valence-corrected chi connectivity index (χ1v) is 3.20. The van der Waals surface area contributed by atoms with Gasteiger partial charge in [0.15, 0.2) is 6.17 Å². The van der Waals surface area contributed by atoms with Gasteiger partial charge in [0.1, 0.15) is 11.7 Å². The highest BCUT2D eigenvalue weighted by Gasteiger charge is 2.29. The zero-order chi connectivity index (χ0) is 8.59. The molecule has 0 aromatic heterocycles. The molecule has 0 heterocycles. The number of halogens is 3. The molecule has 62 valence electrons. The summed E-state index contributed by atoms with van der Waals surface area (Å²) in [5.74, 6) is -2.77. The topological polar surface area (TPSA) is 26.0 Å². The molecule has 0 saturated carbocycles. The van der Waals surface area contributed by atoms with Crippen LogP contribution in [0, 0.1) is 5.92 Å². The van der Waals surface area contributed by atoms with Crippen LogP contribution in [-0.2, 0) is 0 Å². The van der Waals surface area contributed by atoms with Crippen LogP contribution >= 0.6 is 0 Å². The monoisotopic (exact) mass is 163 g/mol. The maximum absolute atomic E-state index is 12.8. The molecule has 2 N–H and O–H groups in total. The molecule has 0 radical (unpaired) electrons. The average Bonchev–Trinajstić information content (AvgIpc) is 1.97. The standard InChI is InChI=1S/C7H8F3N/c1-3-4(8)2-5(9)7(11)6(3)10/h2-3,6H,11H2,1H3. The predicted molar refractivity (Wildman–Crippen MR) is 35.6 cm³/mol. The summed E-state index contributed by atoms with van der Waals surface area (Å²) in [6.07, 6.45) is -1.12. The molecule has 2 unspecified atom stereocenters. The van der Waals surface area contributed by atoms with Gasteiger partial charge in [-0.2, -0.15) is 0 Å². The van der Waals surface area contributed by atoms with Gasteiger partial charge in [0.2, 0.25) is 0 Å². The van der Waals surface area contributed by atoms with Gasteiger partial charge in [-0.1, -0.05) is 6.92 Å². The average molecular weight is 163 g/mol. The molecular weight excluding hydrogens is 155 g/mol. The van der Waals surface area contributed by atoms with Crippen LogP contribution in [0.15, 0.2) is 23.4 Å². The van der Waals surface area contributed by atoms with Gasteiger partial charge >= 0.3 is 0 Å². The predicted octanol–water partition coefficient (Wildman–Crippen LogP) is 1.97. The highest BCUT2D eigenvalue weighted by atomic mass is 19.2. The smallest absolute Gasteiger partial charge is 0.151 e. The number of hydrogen-bond donors (Lipinski definition) is 1. The van der Waals surface area contributed by atoms with Crippen molar-refractivity contribution >= 4 is 0 Å². The summed E-state index contributed by atoms with van der Waals surface area (Å²) < 4.78 is 37.8. The zero-order valence-corrected chi connectivity index (χ0v) is 5.94. The fourth-order valence-electron chi connectivity index (χ4n) is 0.877. The van der Waals surface area contributed by atoms with E-state index in [1.165, 1.54) is 6.92 Å². The lowest BCUT2D eigenvalue weighted by atomic mass is 9.97.